The zero-order valence-electron chi connectivity index (χ0n) is 15.8. The van der Waals surface area contributed by atoms with Crippen LogP contribution in [0.25, 0.3) is 0 Å². The minimum atomic E-state index is -1.52. The molecule has 0 aromatic rings. The van der Waals surface area contributed by atoms with Crippen LogP contribution in [0, 0.1) is 0 Å². The summed E-state index contributed by atoms with van der Waals surface area (Å²) in [6.07, 6.45) is 17.8. The van der Waals surface area contributed by atoms with Crippen LogP contribution >= 0.6 is 0 Å². The van der Waals surface area contributed by atoms with Gasteiger partial charge in [-0.2, -0.15) is 0 Å². The van der Waals surface area contributed by atoms with Crippen LogP contribution in [0.2, 0.25) is 21.0 Å². The monoisotopic (exact) mass is 358 g/mol. The maximum absolute atomic E-state index is 2.36. The van der Waals surface area contributed by atoms with E-state index in [0.29, 0.717) is 0 Å². The molecule has 0 spiro atoms. The van der Waals surface area contributed by atoms with E-state index >= 15 is 0 Å². The molecule has 128 valence electrons. The van der Waals surface area contributed by atoms with Crippen molar-refractivity contribution in [3.05, 3.63) is 0 Å². The molecule has 0 aliphatic heterocycles. The molecule has 0 aromatic heterocycles. The van der Waals surface area contributed by atoms with Gasteiger partial charge in [-0.3, -0.25) is 0 Å². The standard InChI is InChI=1S/C20H44Ge/c1-5-9-13-17-21(18-14-10-6-2,19-15-11-7-3)20-16-12-8-4/h5-20H2,1-4H3. The van der Waals surface area contributed by atoms with Crippen molar-refractivity contribution >= 4 is 13.3 Å². The molecule has 21 heavy (non-hydrogen) atoms. The van der Waals surface area contributed by atoms with Gasteiger partial charge in [-0.1, -0.05) is 0 Å². The quantitative estimate of drug-likeness (QED) is 0.193. The van der Waals surface area contributed by atoms with Crippen molar-refractivity contribution in [2.75, 3.05) is 0 Å². The van der Waals surface area contributed by atoms with Gasteiger partial charge in [0.2, 0.25) is 0 Å². The second-order valence-electron chi connectivity index (χ2n) is 7.33. The Hall–Kier alpha value is 0.543. The SMILES string of the molecule is CCCC[CH2][Ge]([CH2]CCCC)([CH2]CCCC)[CH2]CCCC. The molecule has 0 rings (SSSR count). The topological polar surface area (TPSA) is 0 Å². The molecule has 0 heterocycles. The van der Waals surface area contributed by atoms with E-state index in [1.165, 1.54) is 51.4 Å². The van der Waals surface area contributed by atoms with E-state index in [2.05, 4.69) is 27.7 Å². The van der Waals surface area contributed by atoms with Gasteiger partial charge in [-0.05, 0) is 0 Å². The van der Waals surface area contributed by atoms with E-state index in [-0.39, 0.29) is 0 Å². The molecule has 1 heteroatoms. The molecular formula is C20H44Ge. The van der Waals surface area contributed by atoms with Crippen molar-refractivity contribution < 1.29 is 0 Å². The first-order valence-electron chi connectivity index (χ1n) is 10.2. The fourth-order valence-corrected chi connectivity index (χ4v) is 15.3. The molecule has 0 saturated carbocycles. The molecule has 0 radical (unpaired) electrons. The van der Waals surface area contributed by atoms with E-state index < -0.39 is 13.3 Å². The van der Waals surface area contributed by atoms with Crippen LogP contribution in [-0.2, 0) is 0 Å². The zero-order chi connectivity index (χ0) is 15.8. The third-order valence-electron chi connectivity index (χ3n) is 5.24. The van der Waals surface area contributed by atoms with Gasteiger partial charge in [-0.15, -0.1) is 0 Å². The number of hydrogen-bond donors (Lipinski definition) is 0. The Morgan fingerprint density at radius 3 is 0.810 bits per heavy atom. The molecule has 0 nitrogen and oxygen atoms in total. The minimum absolute atomic E-state index is 1.40. The molecular weight excluding hydrogens is 313 g/mol. The molecule has 0 aromatic carbocycles. The Kier molecular flexibility index (Phi) is 15.8. The summed E-state index contributed by atoms with van der Waals surface area (Å²) in [5, 5.41) is 6.80. The van der Waals surface area contributed by atoms with E-state index in [0.717, 1.165) is 0 Å². The molecule has 0 aliphatic carbocycles. The van der Waals surface area contributed by atoms with Gasteiger partial charge in [0.15, 0.2) is 0 Å². The first-order chi connectivity index (χ1) is 10.2. The van der Waals surface area contributed by atoms with Gasteiger partial charge in [0, 0.05) is 0 Å². The second-order valence-corrected chi connectivity index (χ2v) is 17.8. The van der Waals surface area contributed by atoms with E-state index in [1.54, 1.807) is 46.7 Å². The van der Waals surface area contributed by atoms with Crippen LogP contribution in [-0.4, -0.2) is 13.3 Å². The van der Waals surface area contributed by atoms with Gasteiger partial charge in [0.25, 0.3) is 0 Å². The zero-order valence-corrected chi connectivity index (χ0v) is 17.9. The van der Waals surface area contributed by atoms with Crippen LogP contribution in [0.15, 0.2) is 0 Å². The van der Waals surface area contributed by atoms with Crippen LogP contribution in [0.3, 0.4) is 0 Å². The summed E-state index contributed by atoms with van der Waals surface area (Å²) in [7, 11) is 0. The summed E-state index contributed by atoms with van der Waals surface area (Å²) >= 11 is -1.52. The van der Waals surface area contributed by atoms with Gasteiger partial charge in [0.1, 0.15) is 0 Å². The predicted octanol–water partition coefficient (Wildman–Crippen LogP) is 8.20. The van der Waals surface area contributed by atoms with Crippen molar-refractivity contribution in [3.63, 3.8) is 0 Å². The first-order valence-corrected chi connectivity index (χ1v) is 16.2. The molecule has 0 bridgehead atoms. The number of hydrogen-bond acceptors (Lipinski definition) is 0. The van der Waals surface area contributed by atoms with Crippen LogP contribution in [0.5, 0.6) is 0 Å². The first kappa shape index (κ1) is 21.5. The van der Waals surface area contributed by atoms with Crippen molar-refractivity contribution in [1.82, 2.24) is 0 Å². The molecule has 0 saturated heterocycles. The van der Waals surface area contributed by atoms with Gasteiger partial charge >= 0.3 is 139 Å². The summed E-state index contributed by atoms with van der Waals surface area (Å²) in [6, 6.07) is 0. The van der Waals surface area contributed by atoms with Crippen LogP contribution in [0.1, 0.15) is 105 Å². The Morgan fingerprint density at radius 1 is 0.381 bits per heavy atom. The van der Waals surface area contributed by atoms with Crippen molar-refractivity contribution in [1.29, 1.82) is 0 Å². The van der Waals surface area contributed by atoms with Crippen molar-refractivity contribution in [3.8, 4) is 0 Å². The fraction of sp³-hybridized carbons (Fsp3) is 1.00. The normalized spacial score (nSPS) is 12.0. The third-order valence-corrected chi connectivity index (χ3v) is 17.1. The molecule has 0 unspecified atom stereocenters. The average molecular weight is 357 g/mol. The van der Waals surface area contributed by atoms with E-state index in [9.17, 15) is 0 Å². The molecule has 0 fully saturated rings. The summed E-state index contributed by atoms with van der Waals surface area (Å²) < 4.78 is 0. The Balaban J connectivity index is 4.52. The molecule has 0 amide bonds. The predicted molar refractivity (Wildman–Crippen MR) is 103 cm³/mol. The third kappa shape index (κ3) is 11.7. The number of rotatable bonds is 16. The Labute approximate surface area is 139 Å². The average Bonchev–Trinajstić information content (AvgIpc) is 2.48. The number of unbranched alkanes of at least 4 members (excludes halogenated alkanes) is 8. The summed E-state index contributed by atoms with van der Waals surface area (Å²) in [6.45, 7) is 9.44. The Morgan fingerprint density at radius 2 is 0.619 bits per heavy atom. The summed E-state index contributed by atoms with van der Waals surface area (Å²) in [4.78, 5) is 0. The van der Waals surface area contributed by atoms with Crippen molar-refractivity contribution in [2.24, 2.45) is 0 Å². The van der Waals surface area contributed by atoms with E-state index in [1.807, 2.05) is 0 Å². The van der Waals surface area contributed by atoms with Crippen LogP contribution < -0.4 is 0 Å². The fourth-order valence-electron chi connectivity index (χ4n) is 3.75. The van der Waals surface area contributed by atoms with Crippen LogP contribution in [0.4, 0.5) is 0 Å². The summed E-state index contributed by atoms with van der Waals surface area (Å²) in [5.74, 6) is 0. The molecule has 0 atom stereocenters. The maximum atomic E-state index is 2.36. The van der Waals surface area contributed by atoms with Gasteiger partial charge < -0.3 is 0 Å². The molecule has 0 N–H and O–H groups in total. The Bertz CT molecular complexity index is 155. The molecule has 0 aliphatic rings. The van der Waals surface area contributed by atoms with Gasteiger partial charge in [-0.25, -0.2) is 0 Å². The second kappa shape index (κ2) is 15.4. The summed E-state index contributed by atoms with van der Waals surface area (Å²) in [5.41, 5.74) is 0. The van der Waals surface area contributed by atoms with E-state index in [4.69, 9.17) is 0 Å². The van der Waals surface area contributed by atoms with Gasteiger partial charge in [0.05, 0.1) is 0 Å². The van der Waals surface area contributed by atoms with Crippen molar-refractivity contribution in [2.45, 2.75) is 126 Å².